The van der Waals surface area contributed by atoms with Crippen LogP contribution in [0.1, 0.15) is 75.7 Å². The Hall–Kier alpha value is -4.81. The van der Waals surface area contributed by atoms with Crippen LogP contribution >= 0.6 is 0 Å². The molecule has 0 spiro atoms. The summed E-state index contributed by atoms with van der Waals surface area (Å²) in [4.78, 5) is 41.8. The van der Waals surface area contributed by atoms with Gasteiger partial charge in [-0.15, -0.1) is 0 Å². The maximum absolute atomic E-state index is 14.0. The van der Waals surface area contributed by atoms with Gasteiger partial charge in [0.1, 0.15) is 35.9 Å². The van der Waals surface area contributed by atoms with Crippen molar-refractivity contribution in [3.63, 3.8) is 0 Å². The smallest absolute Gasteiger partial charge is 0.280 e. The number of aromatic nitrogens is 3. The van der Waals surface area contributed by atoms with E-state index in [4.69, 9.17) is 4.98 Å². The molecule has 0 saturated carbocycles. The van der Waals surface area contributed by atoms with Crippen molar-refractivity contribution in [3.05, 3.63) is 102 Å². The number of para-hydroxylation sites is 2. The van der Waals surface area contributed by atoms with Gasteiger partial charge in [-0.05, 0) is 72.2 Å². The number of quaternary nitrogens is 2. The number of piperidine rings is 6. The summed E-state index contributed by atoms with van der Waals surface area (Å²) in [5.74, 6) is 2.54. The lowest BCUT2D eigenvalue weighted by molar-refractivity contribution is -0.967. The number of rotatable bonds is 12. The third-order valence-electron chi connectivity index (χ3n) is 14.9. The van der Waals surface area contributed by atoms with E-state index in [2.05, 4.69) is 34.4 Å². The molecule has 3 aromatic heterocycles. The first-order valence-electron chi connectivity index (χ1n) is 21.5. The molecule has 10 atom stereocenters. The normalized spacial score (nSPS) is 29.9. The molecule has 6 aliphatic rings. The van der Waals surface area contributed by atoms with Crippen LogP contribution in [0.5, 0.6) is 0 Å². The highest BCUT2D eigenvalue weighted by molar-refractivity contribution is 5.93. The molecule has 5 aromatic rings. The predicted molar refractivity (Wildman–Crippen MR) is 225 cm³/mol. The van der Waals surface area contributed by atoms with Crippen LogP contribution in [0.4, 0.5) is 11.6 Å². The Bertz CT molecular complexity index is 2150. The van der Waals surface area contributed by atoms with Gasteiger partial charge in [-0.3, -0.25) is 19.6 Å². The molecule has 58 heavy (non-hydrogen) atoms. The number of amides is 2. The van der Waals surface area contributed by atoms with Crippen molar-refractivity contribution < 1.29 is 28.8 Å². The van der Waals surface area contributed by atoms with Crippen molar-refractivity contribution in [1.82, 2.24) is 15.0 Å². The summed E-state index contributed by atoms with van der Waals surface area (Å²) in [6.07, 6.45) is 8.03. The second kappa shape index (κ2) is 15.7. The van der Waals surface area contributed by atoms with Crippen molar-refractivity contribution in [2.24, 2.45) is 23.7 Å². The molecule has 11 heteroatoms. The van der Waals surface area contributed by atoms with Crippen molar-refractivity contribution in [1.29, 1.82) is 0 Å². The molecule has 4 N–H and O–H groups in total. The highest BCUT2D eigenvalue weighted by Crippen LogP contribution is 2.49. The molecule has 11 rings (SSSR count). The van der Waals surface area contributed by atoms with E-state index >= 15 is 0 Å². The number of anilines is 2. The van der Waals surface area contributed by atoms with Crippen LogP contribution in [0.2, 0.25) is 0 Å². The Labute approximate surface area is 340 Å². The number of nitrogens with one attached hydrogen (secondary N) is 2. The lowest BCUT2D eigenvalue weighted by atomic mass is 9.70. The van der Waals surface area contributed by atoms with E-state index in [1.54, 1.807) is 30.6 Å². The van der Waals surface area contributed by atoms with Crippen LogP contribution in [0.3, 0.4) is 0 Å². The van der Waals surface area contributed by atoms with Crippen LogP contribution in [0, 0.1) is 23.7 Å². The molecule has 2 amide bonds. The van der Waals surface area contributed by atoms with Gasteiger partial charge in [-0.1, -0.05) is 56.3 Å². The quantitative estimate of drug-likeness (QED) is 0.102. The van der Waals surface area contributed by atoms with Crippen LogP contribution in [-0.2, 0) is 9.59 Å². The number of nitrogens with zero attached hydrogens (tertiary/aromatic N) is 5. The van der Waals surface area contributed by atoms with Crippen LogP contribution in [0.15, 0.2) is 91.3 Å². The molecule has 4 bridgehead atoms. The highest BCUT2D eigenvalue weighted by atomic mass is 16.3. The predicted octanol–water partition coefficient (Wildman–Crippen LogP) is 6.79. The molecule has 302 valence electrons. The first-order chi connectivity index (χ1) is 28.2. The number of aliphatic hydroxyl groups excluding tert-OH is 2. The fraction of sp³-hybridized carbons (Fsp3) is 0.468. The maximum atomic E-state index is 14.0. The van der Waals surface area contributed by atoms with E-state index in [1.165, 1.54) is 0 Å². The molecule has 11 nitrogen and oxygen atoms in total. The van der Waals surface area contributed by atoms with Gasteiger partial charge >= 0.3 is 0 Å². The number of aliphatic hydroxyl groups is 2. The number of carbonyl (C=O) groups is 2. The average molecular weight is 784 g/mol. The largest absolute Gasteiger partial charge is 0.382 e. The molecule has 6 fully saturated rings. The number of carbonyl (C=O) groups excluding carboxylic acids is 2. The number of pyridine rings is 3. The van der Waals surface area contributed by atoms with E-state index in [-0.39, 0.29) is 37.0 Å². The molecule has 9 heterocycles. The molecule has 6 aliphatic heterocycles. The first kappa shape index (κ1) is 38.7. The SMILES string of the molecule is CC[C@H]1C[N@+]2(CC(=O)Nc3cccc(NC(=O)C[N@@+]45CC[C@@H](C[C@H]4[C@H](O)c4ccnc6ccccc46)[C@@H](CC)C5)n3)CC[C@H]1C[C@H]2[C@H](O)c1ccnc2ccccc12. The van der Waals surface area contributed by atoms with Crippen LogP contribution < -0.4 is 10.6 Å². The zero-order valence-electron chi connectivity index (χ0n) is 33.7. The molecule has 6 saturated heterocycles. The third kappa shape index (κ3) is 7.06. The van der Waals surface area contributed by atoms with E-state index in [1.807, 2.05) is 60.7 Å². The topological polar surface area (TPSA) is 137 Å². The fourth-order valence-electron chi connectivity index (χ4n) is 12.0. The number of fused-ring (bicyclic) bond motifs is 8. The van der Waals surface area contributed by atoms with Crippen LogP contribution in [-0.4, -0.2) is 97.3 Å². The minimum Gasteiger partial charge on any atom is -0.382 e. The van der Waals surface area contributed by atoms with Crippen molar-refractivity contribution in [2.75, 3.05) is 49.9 Å². The fourth-order valence-corrected chi connectivity index (χ4v) is 12.0. The summed E-state index contributed by atoms with van der Waals surface area (Å²) in [7, 11) is 0. The van der Waals surface area contributed by atoms with E-state index in [0.29, 0.717) is 44.3 Å². The summed E-state index contributed by atoms with van der Waals surface area (Å²) in [6.45, 7) is 8.35. The summed E-state index contributed by atoms with van der Waals surface area (Å²) in [6, 6.07) is 24.8. The van der Waals surface area contributed by atoms with E-state index in [0.717, 1.165) is 97.6 Å². The second-order valence-electron chi connectivity index (χ2n) is 17.8. The summed E-state index contributed by atoms with van der Waals surface area (Å²) in [5, 5.41) is 32.2. The molecule has 0 unspecified atom stereocenters. The van der Waals surface area contributed by atoms with Crippen LogP contribution in [0.25, 0.3) is 21.8 Å². The van der Waals surface area contributed by atoms with E-state index in [9.17, 15) is 19.8 Å². The number of hydrogen-bond acceptors (Lipinski definition) is 7. The van der Waals surface area contributed by atoms with Gasteiger partial charge in [-0.2, -0.15) is 0 Å². The van der Waals surface area contributed by atoms with Gasteiger partial charge in [0.2, 0.25) is 0 Å². The average Bonchev–Trinajstić information content (AvgIpc) is 3.25. The maximum Gasteiger partial charge on any atom is 0.280 e. The molecular weight excluding hydrogens is 727 g/mol. The van der Waals surface area contributed by atoms with Crippen molar-refractivity contribution >= 4 is 45.3 Å². The number of hydrogen-bond donors (Lipinski definition) is 4. The standard InChI is InChI=1S/C47H55N7O4/c1-3-30-26-53(22-18-32(30)24-40(53)46(57)36-16-20-48-38-12-7-5-10-34(36)38)28-44(55)51-42-14-9-15-43(50-42)52-45(56)29-54-23-19-33(31(4-2)27-54)25-41(54)47(58)37-17-21-49-39-13-8-6-11-35(37)39/h5-17,20-21,30-33,40-41,46-47,57-58H,3-4,18-19,22-29H2,1-2H3/p+2/t30-,31-,32-,33-,40-,41-,46+,47+,53-,54-/m0/s1. The summed E-state index contributed by atoms with van der Waals surface area (Å²) >= 11 is 0. The molecule has 0 aliphatic carbocycles. The van der Waals surface area contributed by atoms with Gasteiger partial charge in [-0.25, -0.2) is 4.98 Å². The van der Waals surface area contributed by atoms with E-state index < -0.39 is 12.2 Å². The Morgan fingerprint density at radius 3 is 1.55 bits per heavy atom. The molecule has 0 radical (unpaired) electrons. The van der Waals surface area contributed by atoms with Crippen molar-refractivity contribution in [2.45, 2.75) is 76.7 Å². The lowest BCUT2D eigenvalue weighted by Crippen LogP contribution is -2.70. The highest BCUT2D eigenvalue weighted by Gasteiger charge is 2.56. The second-order valence-corrected chi connectivity index (χ2v) is 17.8. The molecule has 2 aromatic carbocycles. The Kier molecular flexibility index (Phi) is 10.5. The monoisotopic (exact) mass is 783 g/mol. The van der Waals surface area contributed by atoms with Gasteiger partial charge < -0.3 is 29.8 Å². The number of benzene rings is 2. The van der Waals surface area contributed by atoms with Crippen molar-refractivity contribution in [3.8, 4) is 0 Å². The molecular formula is C47H57N7O4+2. The van der Waals surface area contributed by atoms with Gasteiger partial charge in [0.15, 0.2) is 13.1 Å². The Morgan fingerprint density at radius 2 is 1.10 bits per heavy atom. The minimum absolute atomic E-state index is 0.115. The lowest BCUT2D eigenvalue weighted by Gasteiger charge is -2.58. The Balaban J connectivity index is 0.908. The third-order valence-corrected chi connectivity index (χ3v) is 14.9. The summed E-state index contributed by atoms with van der Waals surface area (Å²) < 4.78 is 1.08. The van der Waals surface area contributed by atoms with Gasteiger partial charge in [0.05, 0.1) is 37.2 Å². The first-order valence-corrected chi connectivity index (χ1v) is 21.5. The Morgan fingerprint density at radius 1 is 0.655 bits per heavy atom. The zero-order chi connectivity index (χ0) is 40.0. The van der Waals surface area contributed by atoms with Gasteiger partial charge in [0, 0.05) is 60.7 Å². The van der Waals surface area contributed by atoms with Gasteiger partial charge in [0.25, 0.3) is 11.8 Å². The minimum atomic E-state index is -0.729. The zero-order valence-corrected chi connectivity index (χ0v) is 33.7. The summed E-state index contributed by atoms with van der Waals surface area (Å²) in [5.41, 5.74) is 3.45.